The second-order valence-corrected chi connectivity index (χ2v) is 8.96. The van der Waals surface area contributed by atoms with Crippen molar-refractivity contribution >= 4 is 50.8 Å². The van der Waals surface area contributed by atoms with E-state index in [4.69, 9.17) is 4.74 Å². The highest BCUT2D eigenvalue weighted by Gasteiger charge is 2.16. The van der Waals surface area contributed by atoms with Gasteiger partial charge in [-0.15, -0.1) is 11.3 Å². The highest BCUT2D eigenvalue weighted by molar-refractivity contribution is 8.01. The van der Waals surface area contributed by atoms with E-state index in [9.17, 15) is 9.59 Å². The number of nitrogens with zero attached hydrogens (tertiary/aromatic N) is 1. The molecule has 150 valence electrons. The molecule has 2 N–H and O–H groups in total. The number of hydrogen-bond donors (Lipinski definition) is 2. The van der Waals surface area contributed by atoms with E-state index in [0.29, 0.717) is 17.9 Å². The van der Waals surface area contributed by atoms with Gasteiger partial charge in [0.2, 0.25) is 5.91 Å². The first-order valence-electron chi connectivity index (χ1n) is 9.45. The molecular formula is C21H21N3O3S2. The average Bonchev–Trinajstić information content (AvgIpc) is 3.40. The maximum Gasteiger partial charge on any atom is 0.255 e. The largest absolute Gasteiger partial charge is 0.376 e. The van der Waals surface area contributed by atoms with E-state index >= 15 is 0 Å². The molecule has 1 saturated heterocycles. The van der Waals surface area contributed by atoms with Gasteiger partial charge < -0.3 is 15.4 Å². The minimum absolute atomic E-state index is 0.0134. The number of benzene rings is 2. The molecule has 1 aliphatic rings. The van der Waals surface area contributed by atoms with Crippen molar-refractivity contribution in [1.82, 2.24) is 10.3 Å². The summed E-state index contributed by atoms with van der Waals surface area (Å²) in [5.74, 6) is 0.164. The lowest BCUT2D eigenvalue weighted by molar-refractivity contribution is -0.119. The minimum atomic E-state index is -0.146. The number of thiazole rings is 1. The standard InChI is InChI=1S/C21H21N3O3S2/c25-19(22-12-16-7-4-10-27-16)13-28-21-24-17-9-8-15(11-18(17)29-21)23-20(26)14-5-2-1-3-6-14/h1-3,5-6,8-9,11,16H,4,7,10,12-13H2,(H,22,25)(H,23,26)/t16-/m0/s1. The van der Waals surface area contributed by atoms with Crippen molar-refractivity contribution in [2.45, 2.75) is 23.3 Å². The van der Waals surface area contributed by atoms with Crippen LogP contribution in [0.1, 0.15) is 23.2 Å². The van der Waals surface area contributed by atoms with Crippen molar-refractivity contribution in [1.29, 1.82) is 0 Å². The molecule has 0 saturated carbocycles. The molecule has 2 amide bonds. The molecule has 4 rings (SSSR count). The molecule has 0 radical (unpaired) electrons. The summed E-state index contributed by atoms with van der Waals surface area (Å²) in [6.45, 7) is 1.36. The quantitative estimate of drug-likeness (QED) is 0.559. The number of rotatable bonds is 7. The number of carbonyl (C=O) groups excluding carboxylic acids is 2. The van der Waals surface area contributed by atoms with E-state index in [0.717, 1.165) is 39.7 Å². The number of ether oxygens (including phenoxy) is 1. The molecule has 6 nitrogen and oxygen atoms in total. The summed E-state index contributed by atoms with van der Waals surface area (Å²) in [7, 11) is 0. The van der Waals surface area contributed by atoms with Gasteiger partial charge in [-0.3, -0.25) is 9.59 Å². The summed E-state index contributed by atoms with van der Waals surface area (Å²) in [6, 6.07) is 14.7. The molecule has 1 aromatic heterocycles. The Bertz CT molecular complexity index is 1000. The molecule has 1 aliphatic heterocycles. The second kappa shape index (κ2) is 9.39. The Morgan fingerprint density at radius 2 is 2.07 bits per heavy atom. The van der Waals surface area contributed by atoms with Crippen LogP contribution < -0.4 is 10.6 Å². The minimum Gasteiger partial charge on any atom is -0.376 e. The smallest absolute Gasteiger partial charge is 0.255 e. The van der Waals surface area contributed by atoms with Crippen molar-refractivity contribution in [2.24, 2.45) is 0 Å². The van der Waals surface area contributed by atoms with Gasteiger partial charge in [-0.25, -0.2) is 4.98 Å². The number of fused-ring (bicyclic) bond motifs is 1. The van der Waals surface area contributed by atoms with Gasteiger partial charge in [-0.05, 0) is 43.2 Å². The van der Waals surface area contributed by atoms with Crippen molar-refractivity contribution in [3.8, 4) is 0 Å². The highest BCUT2D eigenvalue weighted by Crippen LogP contribution is 2.31. The van der Waals surface area contributed by atoms with E-state index in [1.165, 1.54) is 23.1 Å². The summed E-state index contributed by atoms with van der Waals surface area (Å²) in [6.07, 6.45) is 2.22. The third-order valence-corrected chi connectivity index (χ3v) is 6.70. The van der Waals surface area contributed by atoms with Gasteiger partial charge >= 0.3 is 0 Å². The van der Waals surface area contributed by atoms with Crippen LogP contribution >= 0.6 is 23.1 Å². The molecule has 0 bridgehead atoms. The highest BCUT2D eigenvalue weighted by atomic mass is 32.2. The monoisotopic (exact) mass is 427 g/mol. The Labute approximate surface area is 177 Å². The molecule has 2 aromatic carbocycles. The van der Waals surface area contributed by atoms with Crippen molar-refractivity contribution in [2.75, 3.05) is 24.2 Å². The Morgan fingerprint density at radius 3 is 2.86 bits per heavy atom. The van der Waals surface area contributed by atoms with E-state index in [1.807, 2.05) is 36.4 Å². The van der Waals surface area contributed by atoms with Gasteiger partial charge in [-0.1, -0.05) is 30.0 Å². The molecule has 2 heterocycles. The Hall–Kier alpha value is -2.42. The lowest BCUT2D eigenvalue weighted by Crippen LogP contribution is -2.32. The van der Waals surface area contributed by atoms with Crippen LogP contribution in [0.25, 0.3) is 10.2 Å². The fraction of sp³-hybridized carbons (Fsp3) is 0.286. The van der Waals surface area contributed by atoms with Crippen LogP contribution in [0.4, 0.5) is 5.69 Å². The van der Waals surface area contributed by atoms with Gasteiger partial charge in [-0.2, -0.15) is 0 Å². The predicted octanol–water partition coefficient (Wildman–Crippen LogP) is 3.94. The van der Waals surface area contributed by atoms with Gasteiger partial charge in [0.25, 0.3) is 5.91 Å². The zero-order valence-electron chi connectivity index (χ0n) is 15.7. The lowest BCUT2D eigenvalue weighted by atomic mass is 10.2. The van der Waals surface area contributed by atoms with E-state index < -0.39 is 0 Å². The Kier molecular flexibility index (Phi) is 6.43. The van der Waals surface area contributed by atoms with Crippen LogP contribution in [0.5, 0.6) is 0 Å². The van der Waals surface area contributed by atoms with Crippen LogP contribution in [0.2, 0.25) is 0 Å². The summed E-state index contributed by atoms with van der Waals surface area (Å²) >= 11 is 2.94. The number of nitrogens with one attached hydrogen (secondary N) is 2. The van der Waals surface area contributed by atoms with Crippen LogP contribution in [-0.2, 0) is 9.53 Å². The molecular weight excluding hydrogens is 406 g/mol. The van der Waals surface area contributed by atoms with Gasteiger partial charge in [0.1, 0.15) is 0 Å². The number of hydrogen-bond acceptors (Lipinski definition) is 6. The first kappa shape index (κ1) is 19.9. The van der Waals surface area contributed by atoms with Crippen LogP contribution in [0, 0.1) is 0 Å². The normalized spacial score (nSPS) is 16.1. The summed E-state index contributed by atoms with van der Waals surface area (Å²) in [4.78, 5) is 28.9. The van der Waals surface area contributed by atoms with E-state index in [2.05, 4.69) is 15.6 Å². The van der Waals surface area contributed by atoms with E-state index in [-0.39, 0.29) is 17.9 Å². The number of thioether (sulfide) groups is 1. The Balaban J connectivity index is 1.33. The topological polar surface area (TPSA) is 80.3 Å². The molecule has 1 atom stereocenters. The number of anilines is 1. The first-order valence-corrected chi connectivity index (χ1v) is 11.3. The van der Waals surface area contributed by atoms with Gasteiger partial charge in [0.05, 0.1) is 22.1 Å². The van der Waals surface area contributed by atoms with Crippen molar-refractivity contribution < 1.29 is 14.3 Å². The summed E-state index contributed by atoms with van der Waals surface area (Å²) in [5, 5.41) is 5.83. The number of aromatic nitrogens is 1. The molecule has 1 fully saturated rings. The van der Waals surface area contributed by atoms with Crippen LogP contribution in [0.3, 0.4) is 0 Å². The number of amides is 2. The number of carbonyl (C=O) groups is 2. The van der Waals surface area contributed by atoms with Crippen LogP contribution in [-0.4, -0.2) is 41.8 Å². The average molecular weight is 428 g/mol. The third kappa shape index (κ3) is 5.35. The summed E-state index contributed by atoms with van der Waals surface area (Å²) in [5.41, 5.74) is 2.19. The van der Waals surface area contributed by atoms with Crippen LogP contribution in [0.15, 0.2) is 52.9 Å². The second-order valence-electron chi connectivity index (χ2n) is 6.71. The third-order valence-electron chi connectivity index (χ3n) is 4.54. The molecule has 8 heteroatoms. The van der Waals surface area contributed by atoms with Crippen molar-refractivity contribution in [3.63, 3.8) is 0 Å². The summed E-state index contributed by atoms with van der Waals surface area (Å²) < 4.78 is 7.31. The Morgan fingerprint density at radius 1 is 1.21 bits per heavy atom. The zero-order valence-corrected chi connectivity index (χ0v) is 17.4. The maximum atomic E-state index is 12.3. The predicted molar refractivity (Wildman–Crippen MR) is 117 cm³/mol. The van der Waals surface area contributed by atoms with E-state index in [1.54, 1.807) is 12.1 Å². The van der Waals surface area contributed by atoms with Gasteiger partial charge in [0.15, 0.2) is 4.34 Å². The fourth-order valence-electron chi connectivity index (χ4n) is 3.05. The molecule has 3 aromatic rings. The van der Waals surface area contributed by atoms with Gasteiger partial charge in [0, 0.05) is 24.4 Å². The van der Waals surface area contributed by atoms with Crippen molar-refractivity contribution in [3.05, 3.63) is 54.1 Å². The lowest BCUT2D eigenvalue weighted by Gasteiger charge is -2.09. The first-order chi connectivity index (χ1) is 14.2. The molecule has 0 spiro atoms. The maximum absolute atomic E-state index is 12.3. The molecule has 0 aliphatic carbocycles. The zero-order chi connectivity index (χ0) is 20.1. The molecule has 0 unspecified atom stereocenters. The fourth-order valence-corrected chi connectivity index (χ4v) is 4.98. The SMILES string of the molecule is O=C(CSc1nc2ccc(NC(=O)c3ccccc3)cc2s1)NC[C@@H]1CCCO1. The molecule has 29 heavy (non-hydrogen) atoms.